The maximum absolute atomic E-state index is 13.0. The molecule has 54 heavy (non-hydrogen) atoms. The molecule has 0 saturated heterocycles. The molecule has 0 aliphatic carbocycles. The standard InChI is InChI=1S/C44H84NO8P/c1-4-7-9-11-13-15-17-19-21-23-25-27-29-31-33-36-43(46)49-40-42(41-52-54(48,50-6-3)51-39-35-38-45)53-44(47)37-34-32-30-28-26-24-22-20-18-16-14-12-10-8-5-2/h42H,4-37,39-41H2,1-3H3. The minimum atomic E-state index is -3.98. The van der Waals surface area contributed by atoms with Gasteiger partial charge in [-0.3, -0.25) is 23.2 Å². The summed E-state index contributed by atoms with van der Waals surface area (Å²) in [5.74, 6) is -0.764. The number of unbranched alkanes of at least 4 members (excludes halogenated alkanes) is 28. The number of hydrogen-bond donors (Lipinski definition) is 0. The molecule has 0 rings (SSSR count). The van der Waals surface area contributed by atoms with E-state index >= 15 is 0 Å². The van der Waals surface area contributed by atoms with Crippen LogP contribution in [0.1, 0.15) is 233 Å². The van der Waals surface area contributed by atoms with Crippen molar-refractivity contribution in [2.75, 3.05) is 26.4 Å². The summed E-state index contributed by atoms with van der Waals surface area (Å²) in [5, 5.41) is 8.81. The highest BCUT2D eigenvalue weighted by Crippen LogP contribution is 2.49. The summed E-state index contributed by atoms with van der Waals surface area (Å²) in [7, 11) is -3.98. The number of rotatable bonds is 43. The highest BCUT2D eigenvalue weighted by atomic mass is 31.2. The third-order valence-electron chi connectivity index (χ3n) is 9.87. The van der Waals surface area contributed by atoms with Crippen LogP contribution >= 0.6 is 7.82 Å². The van der Waals surface area contributed by atoms with Crippen LogP contribution in [0.2, 0.25) is 0 Å². The lowest BCUT2D eigenvalue weighted by Crippen LogP contribution is -2.29. The van der Waals surface area contributed by atoms with Crippen molar-refractivity contribution in [2.24, 2.45) is 0 Å². The predicted octanol–water partition coefficient (Wildman–Crippen LogP) is 14.1. The van der Waals surface area contributed by atoms with Crippen LogP contribution in [0.5, 0.6) is 0 Å². The Morgan fingerprint density at radius 3 is 1.24 bits per heavy atom. The summed E-state index contributed by atoms with van der Waals surface area (Å²) >= 11 is 0. The molecule has 0 heterocycles. The van der Waals surface area contributed by atoms with E-state index < -0.39 is 19.9 Å². The maximum Gasteiger partial charge on any atom is 0.474 e. The van der Waals surface area contributed by atoms with Gasteiger partial charge in [0.05, 0.1) is 32.3 Å². The number of carbonyl (C=O) groups excluding carboxylic acids is 2. The molecule has 0 aliphatic rings. The zero-order chi connectivity index (χ0) is 39.6. The second-order valence-electron chi connectivity index (χ2n) is 15.1. The van der Waals surface area contributed by atoms with Gasteiger partial charge in [0.2, 0.25) is 0 Å². The average molecular weight is 786 g/mol. The number of nitriles is 1. The highest BCUT2D eigenvalue weighted by molar-refractivity contribution is 7.48. The monoisotopic (exact) mass is 786 g/mol. The van der Waals surface area contributed by atoms with Crippen molar-refractivity contribution in [3.63, 3.8) is 0 Å². The first kappa shape index (κ1) is 52.5. The molecule has 0 amide bonds. The molecule has 2 atom stereocenters. The first-order valence-corrected chi connectivity index (χ1v) is 24.1. The molecule has 0 aromatic carbocycles. The quantitative estimate of drug-likeness (QED) is 0.0338. The van der Waals surface area contributed by atoms with Gasteiger partial charge < -0.3 is 9.47 Å². The third-order valence-corrected chi connectivity index (χ3v) is 11.4. The summed E-state index contributed by atoms with van der Waals surface area (Å²) in [4.78, 5) is 25.3. The Bertz CT molecular complexity index is 927. The lowest BCUT2D eigenvalue weighted by Gasteiger charge is -2.21. The van der Waals surface area contributed by atoms with Gasteiger partial charge >= 0.3 is 19.8 Å². The zero-order valence-corrected chi connectivity index (χ0v) is 36.3. The number of phosphoric ester groups is 1. The van der Waals surface area contributed by atoms with E-state index in [1.54, 1.807) is 6.92 Å². The van der Waals surface area contributed by atoms with Crippen molar-refractivity contribution >= 4 is 19.8 Å². The molecule has 0 radical (unpaired) electrons. The largest absolute Gasteiger partial charge is 0.474 e. The van der Waals surface area contributed by atoms with Crippen molar-refractivity contribution in [3.05, 3.63) is 0 Å². The van der Waals surface area contributed by atoms with Crippen LogP contribution < -0.4 is 0 Å². The Kier molecular flexibility index (Phi) is 40.1. The van der Waals surface area contributed by atoms with E-state index in [9.17, 15) is 14.2 Å². The van der Waals surface area contributed by atoms with Gasteiger partial charge in [-0.05, 0) is 19.8 Å². The molecule has 318 valence electrons. The first-order valence-electron chi connectivity index (χ1n) is 22.7. The van der Waals surface area contributed by atoms with Gasteiger partial charge in [0.15, 0.2) is 6.10 Å². The van der Waals surface area contributed by atoms with Gasteiger partial charge in [-0.1, -0.05) is 194 Å². The first-order chi connectivity index (χ1) is 26.4. The zero-order valence-electron chi connectivity index (χ0n) is 35.4. The fourth-order valence-corrected chi connectivity index (χ4v) is 7.75. The van der Waals surface area contributed by atoms with E-state index in [-0.39, 0.29) is 45.2 Å². The maximum atomic E-state index is 13.0. The molecular formula is C44H84NO8P. The van der Waals surface area contributed by atoms with E-state index in [1.165, 1.54) is 154 Å². The normalized spacial score (nSPS) is 13.0. The molecule has 0 aliphatic heterocycles. The van der Waals surface area contributed by atoms with Crippen molar-refractivity contribution in [2.45, 2.75) is 239 Å². The van der Waals surface area contributed by atoms with Gasteiger partial charge in [0.1, 0.15) is 6.61 Å². The molecule has 0 bridgehead atoms. The van der Waals surface area contributed by atoms with Gasteiger partial charge in [-0.25, -0.2) is 4.57 Å². The Hall–Kier alpha value is -1.46. The second-order valence-corrected chi connectivity index (χ2v) is 16.8. The third kappa shape index (κ3) is 37.5. The predicted molar refractivity (Wildman–Crippen MR) is 221 cm³/mol. The molecule has 0 spiro atoms. The topological polar surface area (TPSA) is 121 Å². The Morgan fingerprint density at radius 2 is 0.870 bits per heavy atom. The Balaban J connectivity index is 4.35. The van der Waals surface area contributed by atoms with Crippen molar-refractivity contribution in [1.29, 1.82) is 5.26 Å². The highest BCUT2D eigenvalue weighted by Gasteiger charge is 2.29. The van der Waals surface area contributed by atoms with Crippen molar-refractivity contribution in [3.8, 4) is 6.07 Å². The van der Waals surface area contributed by atoms with E-state index in [2.05, 4.69) is 13.8 Å². The number of phosphoric acid groups is 1. The molecule has 2 unspecified atom stereocenters. The van der Waals surface area contributed by atoms with E-state index in [0.29, 0.717) is 6.42 Å². The molecule has 0 aromatic heterocycles. The van der Waals surface area contributed by atoms with Crippen LogP contribution in [-0.2, 0) is 37.2 Å². The fourth-order valence-electron chi connectivity index (χ4n) is 6.55. The van der Waals surface area contributed by atoms with Gasteiger partial charge in [0.25, 0.3) is 0 Å². The summed E-state index contributed by atoms with van der Waals surface area (Å²) in [6.45, 7) is 5.60. The SMILES string of the molecule is CCCCCCCCCCCCCCCCCC(=O)OCC(COP(=O)(OCC)OCCC#N)OC(=O)CCCCCCCCCCCCCCCCC. The number of hydrogen-bond acceptors (Lipinski definition) is 9. The van der Waals surface area contributed by atoms with Crippen LogP contribution in [0.3, 0.4) is 0 Å². The molecule has 0 N–H and O–H groups in total. The molecule has 0 aromatic rings. The van der Waals surface area contributed by atoms with Crippen LogP contribution in [0.4, 0.5) is 0 Å². The fraction of sp³-hybridized carbons (Fsp3) is 0.932. The van der Waals surface area contributed by atoms with E-state index in [4.69, 9.17) is 28.3 Å². The lowest BCUT2D eigenvalue weighted by molar-refractivity contribution is -0.161. The van der Waals surface area contributed by atoms with Gasteiger partial charge in [-0.15, -0.1) is 0 Å². The van der Waals surface area contributed by atoms with Crippen LogP contribution in [0.15, 0.2) is 0 Å². The van der Waals surface area contributed by atoms with Crippen molar-refractivity contribution < 1.29 is 37.2 Å². The van der Waals surface area contributed by atoms with Gasteiger partial charge in [-0.2, -0.15) is 5.26 Å². The summed E-state index contributed by atoms with van der Waals surface area (Å²) < 4.78 is 40.0. The van der Waals surface area contributed by atoms with Crippen LogP contribution in [-0.4, -0.2) is 44.5 Å². The lowest BCUT2D eigenvalue weighted by atomic mass is 10.0. The minimum absolute atomic E-state index is 0.0228. The number of esters is 2. The van der Waals surface area contributed by atoms with E-state index in [1.807, 2.05) is 6.07 Å². The van der Waals surface area contributed by atoms with Gasteiger partial charge in [0, 0.05) is 12.8 Å². The second kappa shape index (κ2) is 41.2. The molecule has 9 nitrogen and oxygen atoms in total. The summed E-state index contributed by atoms with van der Waals surface area (Å²) in [5.41, 5.74) is 0. The summed E-state index contributed by atoms with van der Waals surface area (Å²) in [6, 6.07) is 1.92. The molecule has 10 heteroatoms. The summed E-state index contributed by atoms with van der Waals surface area (Å²) in [6.07, 6.45) is 37.1. The Labute approximate surface area is 332 Å². The average Bonchev–Trinajstić information content (AvgIpc) is 3.16. The number of nitrogens with zero attached hydrogens (tertiary/aromatic N) is 1. The van der Waals surface area contributed by atoms with Crippen LogP contribution in [0.25, 0.3) is 0 Å². The minimum Gasteiger partial charge on any atom is -0.462 e. The molecule has 0 saturated carbocycles. The van der Waals surface area contributed by atoms with Crippen LogP contribution in [0, 0.1) is 11.3 Å². The number of carbonyl (C=O) groups is 2. The smallest absolute Gasteiger partial charge is 0.462 e. The Morgan fingerprint density at radius 1 is 0.500 bits per heavy atom. The molecular weight excluding hydrogens is 701 g/mol. The molecule has 0 fully saturated rings. The van der Waals surface area contributed by atoms with E-state index in [0.717, 1.165) is 38.5 Å². The van der Waals surface area contributed by atoms with Crippen molar-refractivity contribution in [1.82, 2.24) is 0 Å². The number of ether oxygens (including phenoxy) is 2.